The molecule has 0 aliphatic rings. The second kappa shape index (κ2) is 5.81. The van der Waals surface area contributed by atoms with Crippen molar-refractivity contribution in [1.29, 1.82) is 0 Å². The van der Waals surface area contributed by atoms with Crippen LogP contribution in [0.4, 0.5) is 15.6 Å². The van der Waals surface area contributed by atoms with Crippen molar-refractivity contribution in [3.63, 3.8) is 0 Å². The van der Waals surface area contributed by atoms with Gasteiger partial charge in [-0.05, 0) is 26.0 Å². The summed E-state index contributed by atoms with van der Waals surface area (Å²) in [6.07, 6.45) is 0. The highest BCUT2D eigenvalue weighted by Gasteiger charge is 2.08. The van der Waals surface area contributed by atoms with Gasteiger partial charge in [-0.3, -0.25) is 5.32 Å². The first kappa shape index (κ1) is 13.5. The van der Waals surface area contributed by atoms with Crippen molar-refractivity contribution in [1.82, 2.24) is 4.98 Å². The van der Waals surface area contributed by atoms with Crippen molar-refractivity contribution in [2.45, 2.75) is 19.9 Å². The predicted octanol–water partition coefficient (Wildman–Crippen LogP) is 3.12. The molecule has 1 atom stereocenters. The number of anilines is 2. The quantitative estimate of drug-likeness (QED) is 0.805. The minimum Gasteiger partial charge on any atom is -0.323 e. The van der Waals surface area contributed by atoms with Gasteiger partial charge in [0, 0.05) is 17.1 Å². The summed E-state index contributed by atoms with van der Waals surface area (Å²) < 4.78 is 0. The Morgan fingerprint density at radius 3 is 2.58 bits per heavy atom. The fraction of sp³-hybridized carbons (Fsp3) is 0.231. The topological polar surface area (TPSA) is 80.0 Å². The van der Waals surface area contributed by atoms with E-state index >= 15 is 0 Å². The van der Waals surface area contributed by atoms with Gasteiger partial charge in [0.2, 0.25) is 0 Å². The number of aryl methyl sites for hydroxylation is 1. The molecular formula is C13H16N4OS. The number of rotatable bonds is 3. The normalized spacial score (nSPS) is 11.9. The highest BCUT2D eigenvalue weighted by molar-refractivity contribution is 7.13. The summed E-state index contributed by atoms with van der Waals surface area (Å²) in [6, 6.07) is 7.13. The van der Waals surface area contributed by atoms with E-state index in [1.807, 2.05) is 43.5 Å². The van der Waals surface area contributed by atoms with Crippen LogP contribution in [0.15, 0.2) is 29.6 Å². The number of thiazole rings is 1. The van der Waals surface area contributed by atoms with E-state index in [2.05, 4.69) is 15.6 Å². The molecule has 0 saturated carbocycles. The van der Waals surface area contributed by atoms with Crippen molar-refractivity contribution in [2.24, 2.45) is 5.73 Å². The Morgan fingerprint density at radius 1 is 1.32 bits per heavy atom. The molecule has 1 aromatic carbocycles. The third kappa shape index (κ3) is 3.77. The molecule has 2 rings (SSSR count). The van der Waals surface area contributed by atoms with Gasteiger partial charge in [-0.15, -0.1) is 11.3 Å². The summed E-state index contributed by atoms with van der Waals surface area (Å²) in [5.74, 6) is 0. The minimum atomic E-state index is -0.311. The minimum absolute atomic E-state index is 0.132. The number of benzene rings is 1. The van der Waals surface area contributed by atoms with Crippen LogP contribution in [0.25, 0.3) is 0 Å². The second-order valence-corrected chi connectivity index (χ2v) is 5.17. The van der Waals surface area contributed by atoms with E-state index in [0.29, 0.717) is 5.13 Å². The number of nitrogens with zero attached hydrogens (tertiary/aromatic N) is 1. The average molecular weight is 276 g/mol. The van der Waals surface area contributed by atoms with Crippen LogP contribution >= 0.6 is 11.3 Å². The van der Waals surface area contributed by atoms with E-state index in [0.717, 1.165) is 16.9 Å². The van der Waals surface area contributed by atoms with Gasteiger partial charge in [-0.2, -0.15) is 0 Å². The first-order chi connectivity index (χ1) is 9.04. The van der Waals surface area contributed by atoms with Gasteiger partial charge >= 0.3 is 6.03 Å². The van der Waals surface area contributed by atoms with E-state index in [1.54, 1.807) is 0 Å². The summed E-state index contributed by atoms with van der Waals surface area (Å²) in [6.45, 7) is 3.85. The van der Waals surface area contributed by atoms with Crippen molar-refractivity contribution >= 4 is 28.2 Å². The van der Waals surface area contributed by atoms with Crippen molar-refractivity contribution in [3.8, 4) is 0 Å². The standard InChI is InChI=1S/C13H16N4OS/c1-8-3-5-10(6-4-8)15-12(18)17-13-16-11(7-19-13)9(2)14/h3-7,9H,14H2,1-2H3,(H2,15,16,17,18). The molecule has 0 aliphatic heterocycles. The molecule has 5 nitrogen and oxygen atoms in total. The molecule has 0 fully saturated rings. The fourth-order valence-electron chi connectivity index (χ4n) is 1.45. The molecule has 19 heavy (non-hydrogen) atoms. The number of hydrogen-bond donors (Lipinski definition) is 3. The molecule has 100 valence electrons. The van der Waals surface area contributed by atoms with Crippen LogP contribution in [0.3, 0.4) is 0 Å². The zero-order valence-corrected chi connectivity index (χ0v) is 11.6. The van der Waals surface area contributed by atoms with Gasteiger partial charge in [0.15, 0.2) is 5.13 Å². The highest BCUT2D eigenvalue weighted by atomic mass is 32.1. The molecule has 1 unspecified atom stereocenters. The van der Waals surface area contributed by atoms with Crippen LogP contribution in [-0.4, -0.2) is 11.0 Å². The number of urea groups is 1. The first-order valence-electron chi connectivity index (χ1n) is 5.90. The Labute approximate surface area is 115 Å². The Balaban J connectivity index is 1.95. The van der Waals surface area contributed by atoms with E-state index in [1.165, 1.54) is 11.3 Å². The van der Waals surface area contributed by atoms with Crippen LogP contribution in [-0.2, 0) is 0 Å². The lowest BCUT2D eigenvalue weighted by Crippen LogP contribution is -2.19. The Bertz CT molecular complexity index is 562. The SMILES string of the molecule is Cc1ccc(NC(=O)Nc2nc(C(C)N)cs2)cc1. The molecular weight excluding hydrogens is 260 g/mol. The molecule has 0 spiro atoms. The summed E-state index contributed by atoms with van der Waals surface area (Å²) >= 11 is 1.36. The molecule has 4 N–H and O–H groups in total. The van der Waals surface area contributed by atoms with Gasteiger partial charge < -0.3 is 11.1 Å². The van der Waals surface area contributed by atoms with Gasteiger partial charge in [0.1, 0.15) is 0 Å². The molecule has 2 amide bonds. The third-order valence-electron chi connectivity index (χ3n) is 2.52. The number of amides is 2. The number of nitrogens with one attached hydrogen (secondary N) is 2. The van der Waals surface area contributed by atoms with Crippen molar-refractivity contribution in [3.05, 3.63) is 40.9 Å². The lowest BCUT2D eigenvalue weighted by atomic mass is 10.2. The average Bonchev–Trinajstić information content (AvgIpc) is 2.80. The van der Waals surface area contributed by atoms with E-state index in [4.69, 9.17) is 5.73 Å². The summed E-state index contributed by atoms with van der Waals surface area (Å²) in [4.78, 5) is 16.0. The number of carbonyl (C=O) groups excluding carboxylic acids is 1. The van der Waals surface area contributed by atoms with Crippen LogP contribution in [0, 0.1) is 6.92 Å². The Kier molecular flexibility index (Phi) is 4.13. The Morgan fingerprint density at radius 2 is 2.00 bits per heavy atom. The summed E-state index contributed by atoms with van der Waals surface area (Å²) in [5, 5.41) is 7.80. The zero-order chi connectivity index (χ0) is 13.8. The van der Waals surface area contributed by atoms with E-state index < -0.39 is 0 Å². The number of aromatic nitrogens is 1. The Hall–Kier alpha value is -1.92. The summed E-state index contributed by atoms with van der Waals surface area (Å²) in [7, 11) is 0. The largest absolute Gasteiger partial charge is 0.325 e. The maximum Gasteiger partial charge on any atom is 0.325 e. The van der Waals surface area contributed by atoms with Crippen LogP contribution < -0.4 is 16.4 Å². The van der Waals surface area contributed by atoms with Crippen LogP contribution in [0.5, 0.6) is 0 Å². The van der Waals surface area contributed by atoms with E-state index in [9.17, 15) is 4.79 Å². The molecule has 2 aromatic rings. The monoisotopic (exact) mass is 276 g/mol. The molecule has 0 aliphatic carbocycles. The molecule has 1 aromatic heterocycles. The first-order valence-corrected chi connectivity index (χ1v) is 6.78. The molecule has 1 heterocycles. The lowest BCUT2D eigenvalue weighted by molar-refractivity contribution is 0.262. The summed E-state index contributed by atoms with van der Waals surface area (Å²) in [5.41, 5.74) is 8.37. The predicted molar refractivity (Wildman–Crippen MR) is 78.5 cm³/mol. The van der Waals surface area contributed by atoms with Gasteiger partial charge in [-0.1, -0.05) is 17.7 Å². The molecule has 0 radical (unpaired) electrons. The second-order valence-electron chi connectivity index (χ2n) is 4.31. The third-order valence-corrected chi connectivity index (χ3v) is 3.29. The fourth-order valence-corrected chi connectivity index (χ4v) is 2.26. The lowest BCUT2D eigenvalue weighted by Gasteiger charge is -2.05. The maximum atomic E-state index is 11.8. The number of hydrogen-bond acceptors (Lipinski definition) is 4. The van der Waals surface area contributed by atoms with Crippen LogP contribution in [0.2, 0.25) is 0 Å². The molecule has 6 heteroatoms. The number of carbonyl (C=O) groups is 1. The van der Waals surface area contributed by atoms with Gasteiger partial charge in [0.25, 0.3) is 0 Å². The number of nitrogens with two attached hydrogens (primary N) is 1. The molecule has 0 saturated heterocycles. The molecule has 0 bridgehead atoms. The van der Waals surface area contributed by atoms with Gasteiger partial charge in [-0.25, -0.2) is 9.78 Å². The van der Waals surface area contributed by atoms with E-state index in [-0.39, 0.29) is 12.1 Å². The van der Waals surface area contributed by atoms with Crippen molar-refractivity contribution < 1.29 is 4.79 Å². The highest BCUT2D eigenvalue weighted by Crippen LogP contribution is 2.19. The van der Waals surface area contributed by atoms with Crippen LogP contribution in [0.1, 0.15) is 24.2 Å². The smallest absolute Gasteiger partial charge is 0.323 e. The zero-order valence-electron chi connectivity index (χ0n) is 10.8. The van der Waals surface area contributed by atoms with Gasteiger partial charge in [0.05, 0.1) is 5.69 Å². The maximum absolute atomic E-state index is 11.8. The van der Waals surface area contributed by atoms with Crippen molar-refractivity contribution in [2.75, 3.05) is 10.6 Å².